The number of rotatable bonds is 13. The van der Waals surface area contributed by atoms with E-state index in [0.29, 0.717) is 31.6 Å². The first-order valence-electron chi connectivity index (χ1n) is 11.2. The van der Waals surface area contributed by atoms with Crippen molar-refractivity contribution < 1.29 is 150 Å². The predicted octanol–water partition coefficient (Wildman–Crippen LogP) is -2.64. The van der Waals surface area contributed by atoms with E-state index in [1.54, 1.807) is 24.3 Å². The van der Waals surface area contributed by atoms with Gasteiger partial charge in [-0.2, -0.15) is 0 Å². The van der Waals surface area contributed by atoms with Crippen molar-refractivity contribution >= 4 is 35.0 Å². The van der Waals surface area contributed by atoms with Gasteiger partial charge < -0.3 is 29.7 Å². The Bertz CT molecular complexity index is 847. The van der Waals surface area contributed by atoms with E-state index < -0.39 is 24.2 Å². The Hall–Kier alpha value is 0.540. The summed E-state index contributed by atoms with van der Waals surface area (Å²) >= 11 is 0. The summed E-state index contributed by atoms with van der Waals surface area (Å²) in [5.41, 5.74) is 1.14. The molecule has 0 radical (unpaired) electrons. The average molecular weight is 629 g/mol. The van der Waals surface area contributed by atoms with Crippen LogP contribution in [0.5, 0.6) is 0 Å². The molecule has 1 aromatic carbocycles. The summed E-state index contributed by atoms with van der Waals surface area (Å²) in [4.78, 5) is 58.7. The first kappa shape index (κ1) is 35.5. The molecular weight excluding hydrogens is 599 g/mol. The average Bonchev–Trinajstić information content (AvgIpc) is 2.77. The topological polar surface area (TPSA) is 132 Å². The van der Waals surface area contributed by atoms with E-state index in [-0.39, 0.29) is 160 Å². The zero-order valence-corrected chi connectivity index (χ0v) is 30.7. The van der Waals surface area contributed by atoms with Crippen LogP contribution in [0.25, 0.3) is 10.6 Å². The van der Waals surface area contributed by atoms with Gasteiger partial charge in [0.15, 0.2) is 0 Å². The van der Waals surface area contributed by atoms with E-state index in [1.807, 2.05) is 0 Å². The number of ketones is 2. The van der Waals surface area contributed by atoms with Crippen LogP contribution in [0.1, 0.15) is 51.0 Å². The SMILES string of the molecule is CC(=O)OCCCOCC[N-]C(=O)CC(=O)[N-]c1ccc(CC(=O)C2CCCCC2=O)cc1.[Rb+].[Rb+]. The van der Waals surface area contributed by atoms with Crippen LogP contribution in [-0.4, -0.2) is 55.7 Å². The molecule has 0 aliphatic heterocycles. The smallest absolute Gasteiger partial charge is 0.651 e. The van der Waals surface area contributed by atoms with E-state index in [0.717, 1.165) is 18.4 Å². The third kappa shape index (κ3) is 15.5. The molecule has 11 heteroatoms. The van der Waals surface area contributed by atoms with Crippen molar-refractivity contribution in [3.05, 3.63) is 40.5 Å². The van der Waals surface area contributed by atoms with Gasteiger partial charge in [-0.15, -0.1) is 12.2 Å². The fraction of sp³-hybridized carbons (Fsp3) is 0.542. The van der Waals surface area contributed by atoms with Crippen molar-refractivity contribution in [1.82, 2.24) is 0 Å². The number of hydrogen-bond donors (Lipinski definition) is 0. The third-order valence-corrected chi connectivity index (χ3v) is 5.08. The van der Waals surface area contributed by atoms with Crippen molar-refractivity contribution in [2.24, 2.45) is 5.92 Å². The Balaban J connectivity index is 0.00000578. The summed E-state index contributed by atoms with van der Waals surface area (Å²) in [6.45, 7) is 2.34. The van der Waals surface area contributed by atoms with Crippen molar-refractivity contribution in [3.8, 4) is 0 Å². The third-order valence-electron chi connectivity index (χ3n) is 5.08. The van der Waals surface area contributed by atoms with Crippen molar-refractivity contribution in [1.29, 1.82) is 0 Å². The first-order chi connectivity index (χ1) is 15.8. The zero-order chi connectivity index (χ0) is 24.1. The number of ether oxygens (including phenoxy) is 2. The van der Waals surface area contributed by atoms with Crippen LogP contribution >= 0.6 is 0 Å². The van der Waals surface area contributed by atoms with Gasteiger partial charge in [0, 0.05) is 45.8 Å². The van der Waals surface area contributed by atoms with Gasteiger partial charge in [0.25, 0.3) is 0 Å². The summed E-state index contributed by atoms with van der Waals surface area (Å²) in [6.07, 6.45) is 3.15. The molecule has 0 spiro atoms. The van der Waals surface area contributed by atoms with Gasteiger partial charge in [0.2, 0.25) is 0 Å². The summed E-state index contributed by atoms with van der Waals surface area (Å²) < 4.78 is 10.0. The summed E-state index contributed by atoms with van der Waals surface area (Å²) in [6, 6.07) is 6.60. The number of amides is 2. The molecule has 0 aromatic heterocycles. The van der Waals surface area contributed by atoms with Crippen molar-refractivity contribution in [2.75, 3.05) is 26.4 Å². The van der Waals surface area contributed by atoms with E-state index in [2.05, 4.69) is 10.6 Å². The molecule has 1 aliphatic carbocycles. The minimum Gasteiger partial charge on any atom is -0.651 e. The molecule has 2 rings (SSSR count). The Morgan fingerprint density at radius 2 is 1.69 bits per heavy atom. The molecule has 1 aromatic rings. The quantitative estimate of drug-likeness (QED) is 0.132. The number of esters is 1. The zero-order valence-electron chi connectivity index (χ0n) is 20.9. The number of carbonyl (C=O) groups is 5. The number of nitrogens with zero attached hydrogens (tertiary/aromatic N) is 2. The molecule has 1 atom stereocenters. The van der Waals surface area contributed by atoms with Crippen LogP contribution in [0, 0.1) is 5.92 Å². The molecule has 180 valence electrons. The maximum atomic E-state index is 12.4. The molecule has 35 heavy (non-hydrogen) atoms. The standard InChI is InChI=1S/C24H32N2O7.2Rb/c1-17(27)33-13-4-12-32-14-11-25-23(30)16-24(31)26-19-9-7-18(8-10-19)15-22(29)20-5-2-3-6-21(20)28;;/h7-10,20H,2-6,11-16H2,1H3,(H2,25,26,30,31);;/q;2*+1/p-2. The molecule has 2 amide bonds. The van der Waals surface area contributed by atoms with E-state index in [4.69, 9.17) is 9.47 Å². The maximum Gasteiger partial charge on any atom is 1.00 e. The fourth-order valence-corrected chi connectivity index (χ4v) is 3.42. The van der Waals surface area contributed by atoms with Gasteiger partial charge in [-0.05, 0) is 18.4 Å². The van der Waals surface area contributed by atoms with E-state index in [1.165, 1.54) is 6.92 Å². The summed E-state index contributed by atoms with van der Waals surface area (Å²) in [5, 5.41) is 7.64. The Morgan fingerprint density at radius 1 is 0.971 bits per heavy atom. The van der Waals surface area contributed by atoms with Crippen LogP contribution in [-0.2, 0) is 39.9 Å². The molecule has 0 saturated heterocycles. The first-order valence-corrected chi connectivity index (χ1v) is 11.2. The molecule has 0 N–H and O–H groups in total. The molecule has 1 aliphatic rings. The number of hydrogen-bond acceptors (Lipinski definition) is 7. The Kier molecular flexibility index (Phi) is 20.8. The second-order valence-electron chi connectivity index (χ2n) is 7.84. The van der Waals surface area contributed by atoms with Gasteiger partial charge in [-0.25, -0.2) is 0 Å². The number of Topliss-reactive ketones (excluding diaryl/α,β-unsaturated/α-hetero) is 2. The molecule has 1 unspecified atom stereocenters. The van der Waals surface area contributed by atoms with Gasteiger partial charge >= 0.3 is 122 Å². The van der Waals surface area contributed by atoms with Gasteiger partial charge in [0.1, 0.15) is 11.6 Å². The van der Waals surface area contributed by atoms with Crippen LogP contribution in [0.4, 0.5) is 5.69 Å². The Labute approximate surface area is 304 Å². The van der Waals surface area contributed by atoms with E-state index >= 15 is 0 Å². The molecule has 0 bridgehead atoms. The van der Waals surface area contributed by atoms with Crippen molar-refractivity contribution in [3.63, 3.8) is 0 Å². The second-order valence-corrected chi connectivity index (χ2v) is 7.84. The van der Waals surface area contributed by atoms with Crippen molar-refractivity contribution in [2.45, 2.75) is 51.9 Å². The number of benzene rings is 1. The number of carbonyl (C=O) groups excluding carboxylic acids is 5. The van der Waals surface area contributed by atoms with Gasteiger partial charge in [-0.1, -0.05) is 30.7 Å². The second kappa shape index (κ2) is 20.5. The van der Waals surface area contributed by atoms with Crippen LogP contribution in [0.2, 0.25) is 0 Å². The van der Waals surface area contributed by atoms with Crippen LogP contribution in [0.15, 0.2) is 24.3 Å². The van der Waals surface area contributed by atoms with Gasteiger partial charge in [-0.3, -0.25) is 14.4 Å². The van der Waals surface area contributed by atoms with Gasteiger partial charge in [0.05, 0.1) is 24.3 Å². The molecule has 9 nitrogen and oxygen atoms in total. The molecule has 1 fully saturated rings. The fourth-order valence-electron chi connectivity index (χ4n) is 3.42. The minimum absolute atomic E-state index is 0. The molecule has 0 heterocycles. The normalized spacial score (nSPS) is 14.7. The van der Waals surface area contributed by atoms with Crippen LogP contribution in [0.3, 0.4) is 0 Å². The largest absolute Gasteiger partial charge is 1.00 e. The van der Waals surface area contributed by atoms with E-state index in [9.17, 15) is 24.0 Å². The Morgan fingerprint density at radius 3 is 2.34 bits per heavy atom. The maximum absolute atomic E-state index is 12.4. The predicted molar refractivity (Wildman–Crippen MR) is 120 cm³/mol. The minimum atomic E-state index is -0.609. The summed E-state index contributed by atoms with van der Waals surface area (Å²) in [5.74, 6) is -2.06. The summed E-state index contributed by atoms with van der Waals surface area (Å²) in [7, 11) is 0. The van der Waals surface area contributed by atoms with Crippen LogP contribution < -0.4 is 116 Å². The molecular formula is C24H30N2O7Rb2. The monoisotopic (exact) mass is 628 g/mol. The molecule has 1 saturated carbocycles.